The van der Waals surface area contributed by atoms with Crippen molar-refractivity contribution < 1.29 is 9.53 Å². The van der Waals surface area contributed by atoms with E-state index in [9.17, 15) is 4.79 Å². The number of hydrogen-bond acceptors (Lipinski definition) is 4. The summed E-state index contributed by atoms with van der Waals surface area (Å²) >= 11 is 0. The van der Waals surface area contributed by atoms with Gasteiger partial charge in [0.1, 0.15) is 5.92 Å². The van der Waals surface area contributed by atoms with Gasteiger partial charge in [-0.1, -0.05) is 0 Å². The Morgan fingerprint density at radius 1 is 1.57 bits per heavy atom. The second-order valence-electron chi connectivity index (χ2n) is 3.38. The van der Waals surface area contributed by atoms with Gasteiger partial charge < -0.3 is 9.64 Å². The second kappa shape index (κ2) is 7.34. The van der Waals surface area contributed by atoms with Crippen molar-refractivity contribution in [1.82, 2.24) is 4.90 Å². The molecule has 0 radical (unpaired) electrons. The normalized spacial score (nSPS) is 12.2. The van der Waals surface area contributed by atoms with Crippen LogP contribution in [0.2, 0.25) is 0 Å². The first-order chi connectivity index (χ1) is 6.61. The standard InChI is InChI=1S/C10H18N2O2/c1-4-14-10(13)9(8-11)6-5-7-12(2)3/h9H,4-7H2,1-3H3. The van der Waals surface area contributed by atoms with Gasteiger partial charge in [-0.25, -0.2) is 0 Å². The average molecular weight is 198 g/mol. The molecule has 0 saturated carbocycles. The van der Waals surface area contributed by atoms with Gasteiger partial charge in [-0.15, -0.1) is 0 Å². The Morgan fingerprint density at radius 2 is 2.21 bits per heavy atom. The number of nitrogens with zero attached hydrogens (tertiary/aromatic N) is 2. The molecule has 0 aromatic heterocycles. The number of nitriles is 1. The number of ether oxygens (including phenoxy) is 1. The maximum absolute atomic E-state index is 11.2. The summed E-state index contributed by atoms with van der Waals surface area (Å²) in [4.78, 5) is 13.2. The average Bonchev–Trinajstić information content (AvgIpc) is 2.12. The van der Waals surface area contributed by atoms with Crippen LogP contribution < -0.4 is 0 Å². The molecule has 0 heterocycles. The summed E-state index contributed by atoms with van der Waals surface area (Å²) in [6, 6.07) is 1.97. The predicted molar refractivity (Wildman–Crippen MR) is 53.5 cm³/mol. The molecule has 0 aliphatic carbocycles. The lowest BCUT2D eigenvalue weighted by Crippen LogP contribution is -2.19. The third kappa shape index (κ3) is 5.55. The first-order valence-corrected chi connectivity index (χ1v) is 4.82. The van der Waals surface area contributed by atoms with Gasteiger partial charge in [-0.3, -0.25) is 4.79 Å². The van der Waals surface area contributed by atoms with Crippen LogP contribution in [0.5, 0.6) is 0 Å². The highest BCUT2D eigenvalue weighted by Crippen LogP contribution is 2.07. The quantitative estimate of drug-likeness (QED) is 0.598. The summed E-state index contributed by atoms with van der Waals surface area (Å²) in [6.07, 6.45) is 1.41. The number of hydrogen-bond donors (Lipinski definition) is 0. The van der Waals surface area contributed by atoms with E-state index in [4.69, 9.17) is 10.00 Å². The zero-order chi connectivity index (χ0) is 11.0. The van der Waals surface area contributed by atoms with E-state index in [0.29, 0.717) is 13.0 Å². The van der Waals surface area contributed by atoms with Crippen LogP contribution >= 0.6 is 0 Å². The maximum atomic E-state index is 11.2. The minimum Gasteiger partial charge on any atom is -0.465 e. The SMILES string of the molecule is CCOC(=O)C(C#N)CCCN(C)C. The van der Waals surface area contributed by atoms with Crippen LogP contribution in [0.25, 0.3) is 0 Å². The summed E-state index contributed by atoms with van der Waals surface area (Å²) in [5.41, 5.74) is 0. The van der Waals surface area contributed by atoms with Crippen LogP contribution in [0.15, 0.2) is 0 Å². The fourth-order valence-electron chi connectivity index (χ4n) is 1.09. The van der Waals surface area contributed by atoms with E-state index >= 15 is 0 Å². The third-order valence-electron chi connectivity index (χ3n) is 1.83. The second-order valence-corrected chi connectivity index (χ2v) is 3.38. The number of esters is 1. The van der Waals surface area contributed by atoms with E-state index < -0.39 is 11.9 Å². The number of carbonyl (C=O) groups is 1. The lowest BCUT2D eigenvalue weighted by atomic mass is 10.1. The van der Waals surface area contributed by atoms with E-state index in [1.54, 1.807) is 6.92 Å². The third-order valence-corrected chi connectivity index (χ3v) is 1.83. The molecule has 0 fully saturated rings. The van der Waals surface area contributed by atoms with E-state index in [1.807, 2.05) is 25.1 Å². The molecule has 14 heavy (non-hydrogen) atoms. The predicted octanol–water partition coefficient (Wildman–Crippen LogP) is 1.03. The van der Waals surface area contributed by atoms with Crippen LogP contribution in [0, 0.1) is 17.2 Å². The zero-order valence-electron chi connectivity index (χ0n) is 9.12. The van der Waals surface area contributed by atoms with Gasteiger partial charge >= 0.3 is 5.97 Å². The molecule has 0 aliphatic rings. The van der Waals surface area contributed by atoms with Crippen molar-refractivity contribution in [2.24, 2.45) is 5.92 Å². The molecule has 0 amide bonds. The summed E-state index contributed by atoms with van der Waals surface area (Å²) in [5.74, 6) is -0.997. The molecule has 1 atom stereocenters. The van der Waals surface area contributed by atoms with E-state index in [2.05, 4.69) is 0 Å². The first kappa shape index (κ1) is 12.9. The fraction of sp³-hybridized carbons (Fsp3) is 0.800. The highest BCUT2D eigenvalue weighted by molar-refractivity contribution is 5.75. The minimum absolute atomic E-state index is 0.338. The molecule has 0 rings (SSSR count). The topological polar surface area (TPSA) is 53.3 Å². The van der Waals surface area contributed by atoms with Gasteiger partial charge in [0.25, 0.3) is 0 Å². The monoisotopic (exact) mass is 198 g/mol. The largest absolute Gasteiger partial charge is 0.465 e. The number of carbonyl (C=O) groups excluding carboxylic acids is 1. The van der Waals surface area contributed by atoms with Crippen LogP contribution in [0.1, 0.15) is 19.8 Å². The summed E-state index contributed by atoms with van der Waals surface area (Å²) < 4.78 is 4.78. The molecule has 0 spiro atoms. The van der Waals surface area contributed by atoms with Gasteiger partial charge in [0.2, 0.25) is 0 Å². The van der Waals surface area contributed by atoms with Crippen molar-refractivity contribution in [1.29, 1.82) is 5.26 Å². The summed E-state index contributed by atoms with van der Waals surface area (Å²) in [6.45, 7) is 2.97. The van der Waals surface area contributed by atoms with Crippen LogP contribution in [0.3, 0.4) is 0 Å². The minimum atomic E-state index is -0.602. The van der Waals surface area contributed by atoms with Crippen molar-refractivity contribution in [3.05, 3.63) is 0 Å². The molecule has 80 valence electrons. The molecule has 0 saturated heterocycles. The highest BCUT2D eigenvalue weighted by Gasteiger charge is 2.18. The van der Waals surface area contributed by atoms with Crippen LogP contribution in [-0.4, -0.2) is 38.1 Å². The molecule has 4 nitrogen and oxygen atoms in total. The Morgan fingerprint density at radius 3 is 2.64 bits per heavy atom. The number of rotatable bonds is 6. The van der Waals surface area contributed by atoms with Crippen LogP contribution in [0.4, 0.5) is 0 Å². The Balaban J connectivity index is 3.80. The van der Waals surface area contributed by atoms with Gasteiger partial charge in [-0.2, -0.15) is 5.26 Å². The Bertz CT molecular complexity index is 209. The lowest BCUT2D eigenvalue weighted by Gasteiger charge is -2.11. The molecule has 1 unspecified atom stereocenters. The molecule has 0 bridgehead atoms. The molecule has 0 aromatic carbocycles. The highest BCUT2D eigenvalue weighted by atomic mass is 16.5. The van der Waals surface area contributed by atoms with Crippen molar-refractivity contribution >= 4 is 5.97 Å². The molecular weight excluding hydrogens is 180 g/mol. The van der Waals surface area contributed by atoms with Crippen LogP contribution in [-0.2, 0) is 9.53 Å². The molecule has 0 N–H and O–H groups in total. The zero-order valence-corrected chi connectivity index (χ0v) is 9.12. The van der Waals surface area contributed by atoms with Crippen molar-refractivity contribution in [3.63, 3.8) is 0 Å². The van der Waals surface area contributed by atoms with Gasteiger partial charge in [0.05, 0.1) is 12.7 Å². The van der Waals surface area contributed by atoms with Gasteiger partial charge in [-0.05, 0) is 40.4 Å². The molecule has 4 heteroatoms. The van der Waals surface area contributed by atoms with E-state index in [1.165, 1.54) is 0 Å². The van der Waals surface area contributed by atoms with Crippen molar-refractivity contribution in [2.75, 3.05) is 27.2 Å². The van der Waals surface area contributed by atoms with Gasteiger partial charge in [0.15, 0.2) is 0 Å². The van der Waals surface area contributed by atoms with E-state index in [0.717, 1.165) is 13.0 Å². The van der Waals surface area contributed by atoms with Crippen molar-refractivity contribution in [3.8, 4) is 6.07 Å². The first-order valence-electron chi connectivity index (χ1n) is 4.82. The molecule has 0 aliphatic heterocycles. The molecular formula is C10H18N2O2. The summed E-state index contributed by atoms with van der Waals surface area (Å²) in [7, 11) is 3.93. The summed E-state index contributed by atoms with van der Waals surface area (Å²) in [5, 5.41) is 8.72. The smallest absolute Gasteiger partial charge is 0.323 e. The van der Waals surface area contributed by atoms with Crippen molar-refractivity contribution in [2.45, 2.75) is 19.8 Å². The Labute approximate surface area is 85.5 Å². The van der Waals surface area contributed by atoms with Gasteiger partial charge in [0, 0.05) is 0 Å². The van der Waals surface area contributed by atoms with E-state index in [-0.39, 0.29) is 0 Å². The lowest BCUT2D eigenvalue weighted by molar-refractivity contribution is -0.146. The Kier molecular flexibility index (Phi) is 6.77. The molecule has 0 aromatic rings. The Hall–Kier alpha value is -1.08. The maximum Gasteiger partial charge on any atom is 0.323 e. The fourth-order valence-corrected chi connectivity index (χ4v) is 1.09.